The fraction of sp³-hybridized carbons (Fsp3) is 0.625. The summed E-state index contributed by atoms with van der Waals surface area (Å²) >= 11 is 0. The van der Waals surface area contributed by atoms with Gasteiger partial charge in [-0.1, -0.05) is 18.0 Å². The molecule has 2 fully saturated rings. The highest BCUT2D eigenvalue weighted by Crippen LogP contribution is 2.36. The first kappa shape index (κ1) is 14.6. The SMILES string of the molecule is NC1(c2noc(C3CCN(c4cnccn4)CC3)n2)CCCC1. The fourth-order valence-corrected chi connectivity index (χ4v) is 3.64. The lowest BCUT2D eigenvalue weighted by molar-refractivity contribution is 0.317. The molecule has 7 heteroatoms. The molecule has 0 radical (unpaired) electrons. The molecule has 1 saturated heterocycles. The van der Waals surface area contributed by atoms with E-state index >= 15 is 0 Å². The zero-order valence-corrected chi connectivity index (χ0v) is 13.2. The topological polar surface area (TPSA) is 94.0 Å². The molecular weight excluding hydrogens is 292 g/mol. The van der Waals surface area contributed by atoms with Crippen molar-refractivity contribution in [2.45, 2.75) is 50.0 Å². The molecule has 122 valence electrons. The molecular formula is C16H22N6O. The van der Waals surface area contributed by atoms with Gasteiger partial charge in [-0.3, -0.25) is 4.98 Å². The van der Waals surface area contributed by atoms with Crippen molar-refractivity contribution in [2.24, 2.45) is 5.73 Å². The molecule has 2 aromatic heterocycles. The van der Waals surface area contributed by atoms with Gasteiger partial charge in [-0.2, -0.15) is 4.98 Å². The summed E-state index contributed by atoms with van der Waals surface area (Å²) in [7, 11) is 0. The van der Waals surface area contributed by atoms with Gasteiger partial charge < -0.3 is 15.2 Å². The average Bonchev–Trinajstić information content (AvgIpc) is 3.26. The van der Waals surface area contributed by atoms with E-state index < -0.39 is 0 Å². The molecule has 3 heterocycles. The lowest BCUT2D eigenvalue weighted by Crippen LogP contribution is -2.35. The van der Waals surface area contributed by atoms with Crippen LogP contribution in [0, 0.1) is 0 Å². The molecule has 2 N–H and O–H groups in total. The first-order valence-corrected chi connectivity index (χ1v) is 8.38. The van der Waals surface area contributed by atoms with Crippen molar-refractivity contribution >= 4 is 5.82 Å². The van der Waals surface area contributed by atoms with E-state index in [0.29, 0.717) is 11.7 Å². The van der Waals surface area contributed by atoms with Crippen LogP contribution in [0.25, 0.3) is 0 Å². The normalized spacial score (nSPS) is 21.7. The van der Waals surface area contributed by atoms with Crippen LogP contribution in [-0.4, -0.2) is 33.2 Å². The third-order valence-electron chi connectivity index (χ3n) is 5.10. The lowest BCUT2D eigenvalue weighted by atomic mass is 9.96. The van der Waals surface area contributed by atoms with Gasteiger partial charge in [0.2, 0.25) is 5.89 Å². The smallest absolute Gasteiger partial charge is 0.229 e. The maximum atomic E-state index is 6.41. The Morgan fingerprint density at radius 1 is 1.17 bits per heavy atom. The predicted octanol–water partition coefficient (Wildman–Crippen LogP) is 1.97. The van der Waals surface area contributed by atoms with Crippen LogP contribution < -0.4 is 10.6 Å². The Labute approximate surface area is 135 Å². The summed E-state index contributed by atoms with van der Waals surface area (Å²) in [5, 5.41) is 4.18. The van der Waals surface area contributed by atoms with Crippen molar-refractivity contribution in [1.29, 1.82) is 0 Å². The van der Waals surface area contributed by atoms with E-state index in [2.05, 4.69) is 25.0 Å². The molecule has 0 bridgehead atoms. The molecule has 2 aliphatic rings. The van der Waals surface area contributed by atoms with Crippen LogP contribution in [0.3, 0.4) is 0 Å². The molecule has 0 atom stereocenters. The van der Waals surface area contributed by atoms with E-state index in [1.807, 2.05) is 6.20 Å². The number of anilines is 1. The Morgan fingerprint density at radius 3 is 2.65 bits per heavy atom. The van der Waals surface area contributed by atoms with Gasteiger partial charge >= 0.3 is 0 Å². The first-order chi connectivity index (χ1) is 11.2. The van der Waals surface area contributed by atoms with E-state index in [1.54, 1.807) is 12.4 Å². The number of hydrogen-bond acceptors (Lipinski definition) is 7. The molecule has 23 heavy (non-hydrogen) atoms. The Morgan fingerprint density at radius 2 is 1.96 bits per heavy atom. The minimum absolute atomic E-state index is 0.314. The van der Waals surface area contributed by atoms with Crippen molar-refractivity contribution in [2.75, 3.05) is 18.0 Å². The van der Waals surface area contributed by atoms with Crippen molar-refractivity contribution in [3.63, 3.8) is 0 Å². The zero-order chi connectivity index (χ0) is 15.7. The van der Waals surface area contributed by atoms with E-state index in [0.717, 1.165) is 63.3 Å². The van der Waals surface area contributed by atoms with Gasteiger partial charge in [0.1, 0.15) is 5.82 Å². The molecule has 7 nitrogen and oxygen atoms in total. The van der Waals surface area contributed by atoms with Crippen LogP contribution in [0.15, 0.2) is 23.1 Å². The van der Waals surface area contributed by atoms with Crippen LogP contribution in [0.2, 0.25) is 0 Å². The molecule has 2 aromatic rings. The number of aromatic nitrogens is 4. The third kappa shape index (κ3) is 2.81. The lowest BCUT2D eigenvalue weighted by Gasteiger charge is -2.30. The number of nitrogens with two attached hydrogens (primary N) is 1. The van der Waals surface area contributed by atoms with Crippen LogP contribution in [0.1, 0.15) is 56.2 Å². The zero-order valence-electron chi connectivity index (χ0n) is 13.2. The summed E-state index contributed by atoms with van der Waals surface area (Å²) in [5.74, 6) is 2.69. The Balaban J connectivity index is 1.42. The largest absolute Gasteiger partial charge is 0.355 e. The van der Waals surface area contributed by atoms with Gasteiger partial charge in [0.15, 0.2) is 5.82 Å². The van der Waals surface area contributed by atoms with Crippen LogP contribution in [-0.2, 0) is 5.54 Å². The Hall–Kier alpha value is -2.02. The highest BCUT2D eigenvalue weighted by Gasteiger charge is 2.37. The standard InChI is InChI=1S/C16H22N6O/c17-16(5-1-2-6-16)15-20-14(23-21-15)12-3-9-22(10-4-12)13-11-18-7-8-19-13/h7-8,11-12H,1-6,9-10,17H2. The van der Waals surface area contributed by atoms with Gasteiger partial charge in [0.25, 0.3) is 0 Å². The van der Waals surface area contributed by atoms with Gasteiger partial charge in [0, 0.05) is 31.4 Å². The number of rotatable bonds is 3. The van der Waals surface area contributed by atoms with Crippen molar-refractivity contribution in [1.82, 2.24) is 20.1 Å². The van der Waals surface area contributed by atoms with E-state index in [1.165, 1.54) is 0 Å². The Kier molecular flexibility index (Phi) is 3.72. The first-order valence-electron chi connectivity index (χ1n) is 8.38. The second kappa shape index (κ2) is 5.88. The van der Waals surface area contributed by atoms with E-state index in [-0.39, 0.29) is 5.54 Å². The molecule has 1 saturated carbocycles. The van der Waals surface area contributed by atoms with Crippen LogP contribution in [0.4, 0.5) is 5.82 Å². The second-order valence-corrected chi connectivity index (χ2v) is 6.64. The van der Waals surface area contributed by atoms with Crippen LogP contribution in [0.5, 0.6) is 0 Å². The number of nitrogens with zero attached hydrogens (tertiary/aromatic N) is 5. The predicted molar refractivity (Wildman–Crippen MR) is 84.9 cm³/mol. The highest BCUT2D eigenvalue weighted by molar-refractivity contribution is 5.35. The molecule has 0 spiro atoms. The molecule has 0 amide bonds. The highest BCUT2D eigenvalue weighted by atomic mass is 16.5. The van der Waals surface area contributed by atoms with Crippen molar-refractivity contribution in [3.05, 3.63) is 30.3 Å². The van der Waals surface area contributed by atoms with Crippen LogP contribution >= 0.6 is 0 Å². The maximum Gasteiger partial charge on any atom is 0.229 e. The van der Waals surface area contributed by atoms with Crippen molar-refractivity contribution in [3.8, 4) is 0 Å². The summed E-state index contributed by atoms with van der Waals surface area (Å²) in [6.07, 6.45) is 11.4. The van der Waals surface area contributed by atoms with Gasteiger partial charge in [-0.15, -0.1) is 0 Å². The molecule has 0 unspecified atom stereocenters. The minimum Gasteiger partial charge on any atom is -0.355 e. The molecule has 0 aromatic carbocycles. The molecule has 1 aliphatic heterocycles. The number of piperidine rings is 1. The van der Waals surface area contributed by atoms with Gasteiger partial charge in [-0.25, -0.2) is 4.98 Å². The summed E-state index contributed by atoms with van der Waals surface area (Å²) in [5.41, 5.74) is 6.04. The quantitative estimate of drug-likeness (QED) is 0.925. The summed E-state index contributed by atoms with van der Waals surface area (Å²) in [6, 6.07) is 0. The maximum absolute atomic E-state index is 6.41. The van der Waals surface area contributed by atoms with Gasteiger partial charge in [-0.05, 0) is 25.7 Å². The monoisotopic (exact) mass is 314 g/mol. The minimum atomic E-state index is -0.373. The molecule has 1 aliphatic carbocycles. The van der Waals surface area contributed by atoms with E-state index in [4.69, 9.17) is 10.3 Å². The third-order valence-corrected chi connectivity index (χ3v) is 5.10. The number of hydrogen-bond donors (Lipinski definition) is 1. The second-order valence-electron chi connectivity index (χ2n) is 6.64. The summed E-state index contributed by atoms with van der Waals surface area (Å²) < 4.78 is 5.54. The van der Waals surface area contributed by atoms with E-state index in [9.17, 15) is 0 Å². The fourth-order valence-electron chi connectivity index (χ4n) is 3.64. The van der Waals surface area contributed by atoms with Gasteiger partial charge in [0.05, 0.1) is 11.7 Å². The molecule has 4 rings (SSSR count). The average molecular weight is 314 g/mol. The van der Waals surface area contributed by atoms with Crippen molar-refractivity contribution < 1.29 is 4.52 Å². The summed E-state index contributed by atoms with van der Waals surface area (Å²) in [6.45, 7) is 1.85. The summed E-state index contributed by atoms with van der Waals surface area (Å²) in [4.78, 5) is 15.4. The Bertz CT molecular complexity index is 644.